The Morgan fingerprint density at radius 2 is 1.84 bits per heavy atom. The summed E-state index contributed by atoms with van der Waals surface area (Å²) in [7, 11) is 0. The highest BCUT2D eigenvalue weighted by Crippen LogP contribution is 2.20. The van der Waals surface area contributed by atoms with Crippen LogP contribution in [0.3, 0.4) is 0 Å². The second-order valence-electron chi connectivity index (χ2n) is 7.67. The molecule has 1 fully saturated rings. The SMILES string of the molecule is C[C@@H]1N[C@H](CCCCCC[C@H](CO)CC[C@@H](O)CC(=O)O)CC[C@H]1O. The zero-order valence-electron chi connectivity index (χ0n) is 15.6. The van der Waals surface area contributed by atoms with Crippen LogP contribution in [0.15, 0.2) is 0 Å². The third kappa shape index (κ3) is 10.1. The fourth-order valence-corrected chi connectivity index (χ4v) is 3.65. The molecule has 0 unspecified atom stereocenters. The van der Waals surface area contributed by atoms with E-state index in [0.717, 1.165) is 38.5 Å². The lowest BCUT2D eigenvalue weighted by molar-refractivity contribution is -0.139. The Bertz CT molecular complexity index is 366. The summed E-state index contributed by atoms with van der Waals surface area (Å²) in [6.45, 7) is 2.14. The summed E-state index contributed by atoms with van der Waals surface area (Å²) < 4.78 is 0. The van der Waals surface area contributed by atoms with Crippen molar-refractivity contribution in [1.29, 1.82) is 0 Å². The highest BCUT2D eigenvalue weighted by atomic mass is 16.4. The fraction of sp³-hybridized carbons (Fsp3) is 0.947. The Hall–Kier alpha value is -0.690. The van der Waals surface area contributed by atoms with E-state index in [-0.39, 0.29) is 31.1 Å². The molecule has 25 heavy (non-hydrogen) atoms. The van der Waals surface area contributed by atoms with Gasteiger partial charge in [-0.2, -0.15) is 0 Å². The lowest BCUT2D eigenvalue weighted by atomic mass is 9.92. The first kappa shape index (κ1) is 22.4. The molecule has 0 aliphatic carbocycles. The summed E-state index contributed by atoms with van der Waals surface area (Å²) in [5.74, 6) is -0.824. The monoisotopic (exact) mass is 359 g/mol. The summed E-state index contributed by atoms with van der Waals surface area (Å²) in [6, 6.07) is 0.722. The lowest BCUT2D eigenvalue weighted by Gasteiger charge is -2.32. The number of nitrogens with one attached hydrogen (secondary N) is 1. The standard InChI is InChI=1S/C19H37NO5/c1-14-18(23)11-9-16(20-14)7-5-3-2-4-6-15(13-21)8-10-17(22)12-19(24)25/h14-18,20-23H,2-13H2,1H3,(H,24,25)/t14-,15-,16+,17+,18+/m0/s1. The van der Waals surface area contributed by atoms with Crippen molar-refractivity contribution in [2.45, 2.75) is 102 Å². The molecule has 1 saturated heterocycles. The molecule has 5 atom stereocenters. The minimum absolute atomic E-state index is 0.103. The van der Waals surface area contributed by atoms with Gasteiger partial charge in [0.25, 0.3) is 0 Å². The number of carboxylic acids is 1. The average molecular weight is 360 g/mol. The number of aliphatic hydroxyl groups is 3. The molecule has 0 aromatic heterocycles. The van der Waals surface area contributed by atoms with E-state index < -0.39 is 12.1 Å². The van der Waals surface area contributed by atoms with Gasteiger partial charge in [0.2, 0.25) is 0 Å². The summed E-state index contributed by atoms with van der Waals surface area (Å²) in [5, 5.41) is 40.8. The maximum atomic E-state index is 10.5. The third-order valence-electron chi connectivity index (χ3n) is 5.38. The lowest BCUT2D eigenvalue weighted by Crippen LogP contribution is -2.48. The van der Waals surface area contributed by atoms with Gasteiger partial charge in [-0.05, 0) is 51.4 Å². The van der Waals surface area contributed by atoms with Crippen LogP contribution >= 0.6 is 0 Å². The molecule has 0 aromatic carbocycles. The molecule has 0 amide bonds. The molecular weight excluding hydrogens is 322 g/mol. The maximum Gasteiger partial charge on any atom is 0.305 e. The van der Waals surface area contributed by atoms with E-state index in [0.29, 0.717) is 18.9 Å². The van der Waals surface area contributed by atoms with E-state index >= 15 is 0 Å². The maximum absolute atomic E-state index is 10.5. The van der Waals surface area contributed by atoms with Gasteiger partial charge < -0.3 is 25.7 Å². The largest absolute Gasteiger partial charge is 0.481 e. The van der Waals surface area contributed by atoms with E-state index in [1.165, 1.54) is 12.8 Å². The van der Waals surface area contributed by atoms with Crippen LogP contribution in [0.5, 0.6) is 0 Å². The first-order chi connectivity index (χ1) is 11.9. The van der Waals surface area contributed by atoms with Gasteiger partial charge in [0.15, 0.2) is 0 Å². The molecule has 5 N–H and O–H groups in total. The molecule has 0 aromatic rings. The fourth-order valence-electron chi connectivity index (χ4n) is 3.65. The van der Waals surface area contributed by atoms with E-state index in [9.17, 15) is 20.1 Å². The highest BCUT2D eigenvalue weighted by molar-refractivity contribution is 5.67. The number of aliphatic hydroxyl groups excluding tert-OH is 3. The Morgan fingerprint density at radius 3 is 2.48 bits per heavy atom. The van der Waals surface area contributed by atoms with Gasteiger partial charge in [-0.15, -0.1) is 0 Å². The van der Waals surface area contributed by atoms with Crippen molar-refractivity contribution in [3.05, 3.63) is 0 Å². The third-order valence-corrected chi connectivity index (χ3v) is 5.38. The number of piperidine rings is 1. The van der Waals surface area contributed by atoms with Crippen molar-refractivity contribution in [2.75, 3.05) is 6.61 Å². The topological polar surface area (TPSA) is 110 Å². The van der Waals surface area contributed by atoms with Gasteiger partial charge in [0.1, 0.15) is 0 Å². The number of aliphatic carboxylic acids is 1. The van der Waals surface area contributed by atoms with Crippen molar-refractivity contribution in [1.82, 2.24) is 5.32 Å². The summed E-state index contributed by atoms with van der Waals surface area (Å²) in [5.41, 5.74) is 0. The zero-order chi connectivity index (χ0) is 18.7. The van der Waals surface area contributed by atoms with Gasteiger partial charge in [-0.25, -0.2) is 0 Å². The number of rotatable bonds is 13. The van der Waals surface area contributed by atoms with Crippen LogP contribution < -0.4 is 5.32 Å². The number of unbranched alkanes of at least 4 members (excludes halogenated alkanes) is 3. The quantitative estimate of drug-likeness (QED) is 0.322. The van der Waals surface area contributed by atoms with Crippen molar-refractivity contribution in [3.8, 4) is 0 Å². The predicted molar refractivity (Wildman–Crippen MR) is 97.4 cm³/mol. The van der Waals surface area contributed by atoms with Crippen LogP contribution in [0.1, 0.15) is 77.6 Å². The predicted octanol–water partition coefficient (Wildman–Crippen LogP) is 2.05. The van der Waals surface area contributed by atoms with Crippen LogP contribution in [0.25, 0.3) is 0 Å². The van der Waals surface area contributed by atoms with Crippen LogP contribution in [0.2, 0.25) is 0 Å². The molecule has 6 heteroatoms. The molecule has 1 aliphatic rings. The first-order valence-corrected chi connectivity index (χ1v) is 9.87. The number of carboxylic acid groups (broad SMARTS) is 1. The van der Waals surface area contributed by atoms with Crippen molar-refractivity contribution >= 4 is 5.97 Å². The Kier molecular flexibility index (Phi) is 11.3. The summed E-state index contributed by atoms with van der Waals surface area (Å²) >= 11 is 0. The van der Waals surface area contributed by atoms with Gasteiger partial charge in [-0.1, -0.05) is 25.7 Å². The van der Waals surface area contributed by atoms with Gasteiger partial charge >= 0.3 is 5.97 Å². The van der Waals surface area contributed by atoms with Gasteiger partial charge in [0.05, 0.1) is 18.6 Å². The molecule has 0 radical (unpaired) electrons. The molecule has 1 heterocycles. The van der Waals surface area contributed by atoms with Crippen LogP contribution in [-0.2, 0) is 4.79 Å². The first-order valence-electron chi connectivity index (χ1n) is 9.87. The van der Waals surface area contributed by atoms with Gasteiger partial charge in [0, 0.05) is 18.7 Å². The van der Waals surface area contributed by atoms with E-state index in [1.807, 2.05) is 6.92 Å². The summed E-state index contributed by atoms with van der Waals surface area (Å²) in [4.78, 5) is 10.5. The van der Waals surface area contributed by atoms with Crippen LogP contribution in [0.4, 0.5) is 0 Å². The molecule has 0 bridgehead atoms. The Balaban J connectivity index is 2.02. The Morgan fingerprint density at radius 1 is 1.12 bits per heavy atom. The number of carbonyl (C=O) groups is 1. The molecule has 148 valence electrons. The van der Waals surface area contributed by atoms with Crippen molar-refractivity contribution in [3.63, 3.8) is 0 Å². The zero-order valence-corrected chi connectivity index (χ0v) is 15.6. The molecule has 0 saturated carbocycles. The number of hydrogen-bond acceptors (Lipinski definition) is 5. The second-order valence-corrected chi connectivity index (χ2v) is 7.67. The molecule has 0 spiro atoms. The molecular formula is C19H37NO5. The minimum atomic E-state index is -0.982. The minimum Gasteiger partial charge on any atom is -0.481 e. The van der Waals surface area contributed by atoms with Gasteiger partial charge in [-0.3, -0.25) is 4.79 Å². The molecule has 1 rings (SSSR count). The van der Waals surface area contributed by atoms with E-state index in [1.54, 1.807) is 0 Å². The van der Waals surface area contributed by atoms with E-state index in [2.05, 4.69) is 5.32 Å². The second kappa shape index (κ2) is 12.6. The van der Waals surface area contributed by atoms with Crippen molar-refractivity contribution in [2.24, 2.45) is 5.92 Å². The van der Waals surface area contributed by atoms with E-state index in [4.69, 9.17) is 5.11 Å². The summed E-state index contributed by atoms with van der Waals surface area (Å²) in [6.07, 6.45) is 8.47. The normalized spacial score (nSPS) is 26.3. The smallest absolute Gasteiger partial charge is 0.305 e. The van der Waals surface area contributed by atoms with Crippen molar-refractivity contribution < 1.29 is 25.2 Å². The molecule has 6 nitrogen and oxygen atoms in total. The number of hydrogen-bond donors (Lipinski definition) is 5. The van der Waals surface area contributed by atoms with Crippen LogP contribution in [0, 0.1) is 5.92 Å². The van der Waals surface area contributed by atoms with Crippen LogP contribution in [-0.4, -0.2) is 57.3 Å². The molecule has 1 aliphatic heterocycles. The highest BCUT2D eigenvalue weighted by Gasteiger charge is 2.24. The average Bonchev–Trinajstić information content (AvgIpc) is 2.56. The Labute approximate surface area is 151 Å².